The van der Waals surface area contributed by atoms with Crippen molar-refractivity contribution in [3.8, 4) is 5.75 Å². The molecule has 3 nitrogen and oxygen atoms in total. The maximum atomic E-state index is 5.47. The van der Waals surface area contributed by atoms with Crippen LogP contribution in [0.4, 0.5) is 0 Å². The number of nitrogens with zero attached hydrogens (tertiary/aromatic N) is 2. The highest BCUT2D eigenvalue weighted by Crippen LogP contribution is 2.23. The van der Waals surface area contributed by atoms with Gasteiger partial charge in [-0.05, 0) is 17.7 Å². The molecule has 2 heterocycles. The van der Waals surface area contributed by atoms with Crippen LogP contribution in [-0.2, 0) is 6.54 Å². The molecule has 0 amide bonds. The van der Waals surface area contributed by atoms with Gasteiger partial charge in [0.05, 0.1) is 12.7 Å². The summed E-state index contributed by atoms with van der Waals surface area (Å²) in [4.78, 5) is 0. The fourth-order valence-electron chi connectivity index (χ4n) is 1.84. The van der Waals surface area contributed by atoms with Crippen molar-refractivity contribution in [1.82, 2.24) is 9.78 Å². The van der Waals surface area contributed by atoms with E-state index in [0.29, 0.717) is 6.61 Å². The molecule has 0 N–H and O–H groups in total. The van der Waals surface area contributed by atoms with Gasteiger partial charge in [0.2, 0.25) is 0 Å². The van der Waals surface area contributed by atoms with Crippen molar-refractivity contribution in [2.24, 2.45) is 0 Å². The third-order valence-corrected chi connectivity index (χ3v) is 2.63. The summed E-state index contributed by atoms with van der Waals surface area (Å²) in [6, 6.07) is 10.3. The average Bonchev–Trinajstić information content (AvgIpc) is 2.74. The lowest BCUT2D eigenvalue weighted by Crippen LogP contribution is -2.06. The Morgan fingerprint density at radius 2 is 2.12 bits per heavy atom. The minimum atomic E-state index is 0.643. The quantitative estimate of drug-likeness (QED) is 0.764. The van der Waals surface area contributed by atoms with E-state index in [-0.39, 0.29) is 0 Å². The van der Waals surface area contributed by atoms with Gasteiger partial charge in [-0.15, -0.1) is 0 Å². The van der Waals surface area contributed by atoms with Crippen LogP contribution in [0.5, 0.6) is 5.75 Å². The highest BCUT2D eigenvalue weighted by atomic mass is 16.5. The maximum absolute atomic E-state index is 5.47. The molecule has 1 aliphatic rings. The topological polar surface area (TPSA) is 27.1 Å². The molecule has 0 aliphatic carbocycles. The van der Waals surface area contributed by atoms with Crippen LogP contribution in [-0.4, -0.2) is 16.4 Å². The van der Waals surface area contributed by atoms with Crippen LogP contribution in [0.1, 0.15) is 11.3 Å². The molecule has 1 aromatic heterocycles. The Balaban J connectivity index is 1.92. The van der Waals surface area contributed by atoms with Gasteiger partial charge in [-0.25, -0.2) is 0 Å². The molecule has 0 fully saturated rings. The first-order chi connectivity index (χ1) is 7.93. The number of hydrogen-bond acceptors (Lipinski definition) is 2. The van der Waals surface area contributed by atoms with Crippen LogP contribution >= 0.6 is 0 Å². The molecule has 0 bridgehead atoms. The maximum Gasteiger partial charge on any atom is 0.165 e. The summed E-state index contributed by atoms with van der Waals surface area (Å²) in [6.07, 6.45) is 5.85. The largest absolute Gasteiger partial charge is 0.486 e. The van der Waals surface area contributed by atoms with Crippen molar-refractivity contribution >= 4 is 6.08 Å². The van der Waals surface area contributed by atoms with E-state index in [2.05, 4.69) is 23.3 Å². The molecule has 0 spiro atoms. The van der Waals surface area contributed by atoms with Crippen molar-refractivity contribution in [2.45, 2.75) is 6.54 Å². The van der Waals surface area contributed by atoms with E-state index in [1.807, 2.05) is 29.0 Å². The molecule has 1 aromatic carbocycles. The fraction of sp³-hybridized carbons (Fsp3) is 0.154. The summed E-state index contributed by atoms with van der Waals surface area (Å²) in [7, 11) is 0. The van der Waals surface area contributed by atoms with Crippen molar-refractivity contribution < 1.29 is 4.74 Å². The van der Waals surface area contributed by atoms with Crippen molar-refractivity contribution in [2.75, 3.05) is 6.61 Å². The second-order valence-corrected chi connectivity index (χ2v) is 3.75. The lowest BCUT2D eigenvalue weighted by molar-refractivity contribution is 0.357. The minimum absolute atomic E-state index is 0.643. The summed E-state index contributed by atoms with van der Waals surface area (Å²) in [5.41, 5.74) is 2.29. The molecule has 3 heteroatoms. The van der Waals surface area contributed by atoms with Gasteiger partial charge in [0.25, 0.3) is 0 Å². The Labute approximate surface area is 94.0 Å². The van der Waals surface area contributed by atoms with Crippen molar-refractivity contribution in [3.05, 3.63) is 53.9 Å². The van der Waals surface area contributed by atoms with Gasteiger partial charge in [0.15, 0.2) is 5.75 Å². The minimum Gasteiger partial charge on any atom is -0.486 e. The van der Waals surface area contributed by atoms with Crippen LogP contribution in [0.25, 0.3) is 6.08 Å². The van der Waals surface area contributed by atoms with Crippen LogP contribution in [0.3, 0.4) is 0 Å². The first kappa shape index (κ1) is 9.21. The van der Waals surface area contributed by atoms with Crippen LogP contribution in [0.2, 0.25) is 0 Å². The van der Waals surface area contributed by atoms with Gasteiger partial charge >= 0.3 is 0 Å². The number of benzene rings is 1. The van der Waals surface area contributed by atoms with E-state index in [9.17, 15) is 0 Å². The highest BCUT2D eigenvalue weighted by Gasteiger charge is 2.11. The third-order valence-electron chi connectivity index (χ3n) is 2.63. The number of hydrogen-bond donors (Lipinski definition) is 0. The predicted octanol–water partition coefficient (Wildman–Crippen LogP) is 2.34. The van der Waals surface area contributed by atoms with Crippen LogP contribution in [0, 0.1) is 0 Å². The molecule has 0 atom stereocenters. The number of ether oxygens (including phenoxy) is 1. The van der Waals surface area contributed by atoms with Crippen LogP contribution < -0.4 is 4.74 Å². The van der Waals surface area contributed by atoms with E-state index in [0.717, 1.165) is 18.0 Å². The van der Waals surface area contributed by atoms with Gasteiger partial charge < -0.3 is 4.74 Å². The summed E-state index contributed by atoms with van der Waals surface area (Å²) in [5, 5.41) is 4.33. The normalized spacial score (nSPS) is 13.2. The Hall–Kier alpha value is -2.03. The van der Waals surface area contributed by atoms with E-state index in [1.54, 1.807) is 6.20 Å². The molecular weight excluding hydrogens is 200 g/mol. The molecule has 2 aromatic rings. The second kappa shape index (κ2) is 3.85. The van der Waals surface area contributed by atoms with E-state index in [1.165, 1.54) is 5.56 Å². The number of rotatable bonds is 2. The Kier molecular flexibility index (Phi) is 2.22. The molecule has 1 aliphatic heterocycles. The zero-order valence-electron chi connectivity index (χ0n) is 8.84. The standard InChI is InChI=1S/C13H12N2O/c1-2-5-11(6-3-1)10-15-12-7-4-8-16-13(12)9-14-15/h1-7,9H,8,10H2. The first-order valence-electron chi connectivity index (χ1n) is 5.32. The SMILES string of the molecule is C1=Cc2c(cnn2Cc2ccccc2)OC1. The smallest absolute Gasteiger partial charge is 0.165 e. The second-order valence-electron chi connectivity index (χ2n) is 3.75. The summed E-state index contributed by atoms with van der Waals surface area (Å²) < 4.78 is 7.43. The number of aromatic nitrogens is 2. The summed E-state index contributed by atoms with van der Waals surface area (Å²) in [5.74, 6) is 0.874. The molecular formula is C13H12N2O. The van der Waals surface area contributed by atoms with Crippen molar-refractivity contribution in [1.29, 1.82) is 0 Å². The zero-order valence-corrected chi connectivity index (χ0v) is 8.84. The molecule has 0 saturated heterocycles. The van der Waals surface area contributed by atoms with Gasteiger partial charge in [-0.1, -0.05) is 30.3 Å². The third kappa shape index (κ3) is 1.60. The predicted molar refractivity (Wildman–Crippen MR) is 62.3 cm³/mol. The molecule has 0 radical (unpaired) electrons. The van der Waals surface area contributed by atoms with Gasteiger partial charge in [-0.2, -0.15) is 5.10 Å². The van der Waals surface area contributed by atoms with Crippen molar-refractivity contribution in [3.63, 3.8) is 0 Å². The lowest BCUT2D eigenvalue weighted by atomic mass is 10.2. The molecule has 16 heavy (non-hydrogen) atoms. The Morgan fingerprint density at radius 1 is 1.25 bits per heavy atom. The van der Waals surface area contributed by atoms with E-state index >= 15 is 0 Å². The Morgan fingerprint density at radius 3 is 3.00 bits per heavy atom. The monoisotopic (exact) mass is 212 g/mol. The van der Waals surface area contributed by atoms with Gasteiger partial charge in [-0.3, -0.25) is 4.68 Å². The lowest BCUT2D eigenvalue weighted by Gasteiger charge is -2.10. The zero-order chi connectivity index (χ0) is 10.8. The summed E-state index contributed by atoms with van der Waals surface area (Å²) in [6.45, 7) is 1.42. The number of fused-ring (bicyclic) bond motifs is 1. The van der Waals surface area contributed by atoms with Crippen LogP contribution in [0.15, 0.2) is 42.6 Å². The first-order valence-corrected chi connectivity index (χ1v) is 5.32. The molecule has 0 saturated carbocycles. The molecule has 3 rings (SSSR count). The molecule has 80 valence electrons. The van der Waals surface area contributed by atoms with E-state index in [4.69, 9.17) is 4.74 Å². The fourth-order valence-corrected chi connectivity index (χ4v) is 1.84. The van der Waals surface area contributed by atoms with Gasteiger partial charge in [0.1, 0.15) is 12.3 Å². The summed E-state index contributed by atoms with van der Waals surface area (Å²) >= 11 is 0. The highest BCUT2D eigenvalue weighted by molar-refractivity contribution is 5.55. The average molecular weight is 212 g/mol. The Bertz CT molecular complexity index is 514. The van der Waals surface area contributed by atoms with E-state index < -0.39 is 0 Å². The van der Waals surface area contributed by atoms with Gasteiger partial charge in [0, 0.05) is 0 Å². The molecule has 0 unspecified atom stereocenters.